The molecule has 5 rings (SSSR count). The average molecular weight is 623 g/mol. The summed E-state index contributed by atoms with van der Waals surface area (Å²) in [6, 6.07) is 15.0. The highest BCUT2D eigenvalue weighted by Crippen LogP contribution is 2.37. The Morgan fingerprint density at radius 1 is 0.927 bits per heavy atom. The number of hydrogen-bond acceptors (Lipinski definition) is 7. The number of benzene rings is 3. The zero-order valence-electron chi connectivity index (χ0n) is 21.7. The number of ketones is 1. The van der Waals surface area contributed by atoms with E-state index in [0.29, 0.717) is 33.7 Å². The van der Waals surface area contributed by atoms with Crippen molar-refractivity contribution in [3.8, 4) is 34.6 Å². The molecule has 0 radical (unpaired) electrons. The van der Waals surface area contributed by atoms with E-state index in [4.69, 9.17) is 14.2 Å². The molecular weight excluding hydrogens is 602 g/mol. The van der Waals surface area contributed by atoms with Gasteiger partial charge in [0, 0.05) is 24.1 Å². The fraction of sp³-hybridized carbons (Fsp3) is 0.100. The van der Waals surface area contributed by atoms with Crippen molar-refractivity contribution in [3.63, 3.8) is 0 Å². The summed E-state index contributed by atoms with van der Waals surface area (Å²) in [6.45, 7) is 0. The second-order valence-corrected chi connectivity index (χ2v) is 9.70. The van der Waals surface area contributed by atoms with Gasteiger partial charge in [-0.1, -0.05) is 6.07 Å². The van der Waals surface area contributed by atoms with Gasteiger partial charge in [-0.15, -0.1) is 0 Å². The number of rotatable bonds is 8. The van der Waals surface area contributed by atoms with E-state index in [1.807, 2.05) is 0 Å². The van der Waals surface area contributed by atoms with Crippen molar-refractivity contribution in [2.75, 3.05) is 14.2 Å². The van der Waals surface area contributed by atoms with E-state index in [0.717, 1.165) is 22.8 Å². The summed E-state index contributed by atoms with van der Waals surface area (Å²) >= 11 is 3.12. The molecule has 5 aromatic rings. The molecule has 0 aliphatic heterocycles. The van der Waals surface area contributed by atoms with Crippen molar-refractivity contribution in [3.05, 3.63) is 111 Å². The fourth-order valence-electron chi connectivity index (χ4n) is 4.28. The van der Waals surface area contributed by atoms with E-state index >= 15 is 4.39 Å². The average Bonchev–Trinajstić information content (AvgIpc) is 2.96. The summed E-state index contributed by atoms with van der Waals surface area (Å²) in [5.41, 5.74) is 0.208. The first-order chi connectivity index (χ1) is 19.7. The van der Waals surface area contributed by atoms with Gasteiger partial charge in [-0.05, 0) is 76.1 Å². The second kappa shape index (κ2) is 11.4. The molecule has 0 amide bonds. The minimum Gasteiger partial charge on any atom is -0.494 e. The standard InChI is InChI=1S/C30H21BrF2N2O6/c1-39-27-14-19-23(15-28(27)40-2)34-10-9-25(19)41-26-8-3-16(11-22(26)33)12-24(36)20-13-21(31)30(38)35(29(20)37)18-6-4-17(32)5-7-18/h3-11,13-15,37H,12H2,1-2H3. The molecule has 2 aromatic heterocycles. The summed E-state index contributed by atoms with van der Waals surface area (Å²) in [5, 5.41) is 11.4. The molecule has 1 N–H and O–H groups in total. The molecule has 0 spiro atoms. The van der Waals surface area contributed by atoms with Crippen LogP contribution in [0.15, 0.2) is 82.2 Å². The number of pyridine rings is 2. The van der Waals surface area contributed by atoms with Crippen LogP contribution in [0.4, 0.5) is 8.78 Å². The quantitative estimate of drug-likeness (QED) is 0.201. The zero-order valence-corrected chi connectivity index (χ0v) is 23.2. The van der Waals surface area contributed by atoms with Crippen molar-refractivity contribution in [1.29, 1.82) is 0 Å². The van der Waals surface area contributed by atoms with E-state index in [1.54, 1.807) is 18.2 Å². The van der Waals surface area contributed by atoms with Gasteiger partial charge < -0.3 is 19.3 Å². The largest absolute Gasteiger partial charge is 0.494 e. The predicted molar refractivity (Wildman–Crippen MR) is 151 cm³/mol. The minimum absolute atomic E-state index is 0.0109. The summed E-state index contributed by atoms with van der Waals surface area (Å²) in [7, 11) is 3.00. The number of ether oxygens (including phenoxy) is 3. The number of carbonyl (C=O) groups excluding carboxylic acids is 1. The SMILES string of the molecule is COc1cc2nccc(Oc3ccc(CC(=O)c4cc(Br)c(=O)n(-c5ccc(F)cc5)c4O)cc3F)c2cc1OC. The van der Waals surface area contributed by atoms with Crippen LogP contribution in [0.2, 0.25) is 0 Å². The van der Waals surface area contributed by atoms with Crippen molar-refractivity contribution < 1.29 is 32.9 Å². The number of hydrogen-bond donors (Lipinski definition) is 1. The van der Waals surface area contributed by atoms with E-state index in [2.05, 4.69) is 20.9 Å². The van der Waals surface area contributed by atoms with E-state index in [9.17, 15) is 19.1 Å². The van der Waals surface area contributed by atoms with Crippen LogP contribution in [0.3, 0.4) is 0 Å². The Kier molecular flexibility index (Phi) is 7.71. The third kappa shape index (κ3) is 5.48. The summed E-state index contributed by atoms with van der Waals surface area (Å²) in [4.78, 5) is 30.1. The lowest BCUT2D eigenvalue weighted by Gasteiger charge is -2.14. The van der Waals surface area contributed by atoms with Crippen LogP contribution in [-0.4, -0.2) is 34.7 Å². The molecule has 0 atom stereocenters. The van der Waals surface area contributed by atoms with Gasteiger partial charge in [-0.2, -0.15) is 0 Å². The molecule has 2 heterocycles. The predicted octanol–water partition coefficient (Wildman–Crippen LogP) is 6.37. The summed E-state index contributed by atoms with van der Waals surface area (Å²) in [6.07, 6.45) is 1.23. The van der Waals surface area contributed by atoms with Crippen molar-refractivity contribution in [2.24, 2.45) is 0 Å². The molecule has 0 unspecified atom stereocenters. The zero-order chi connectivity index (χ0) is 29.3. The number of aromatic hydroxyl groups is 1. The molecular formula is C30H21BrF2N2O6. The molecule has 0 bridgehead atoms. The highest BCUT2D eigenvalue weighted by molar-refractivity contribution is 9.10. The number of nitrogens with zero attached hydrogens (tertiary/aromatic N) is 2. The van der Waals surface area contributed by atoms with E-state index < -0.39 is 28.9 Å². The Morgan fingerprint density at radius 3 is 2.32 bits per heavy atom. The maximum atomic E-state index is 15.1. The van der Waals surface area contributed by atoms with Gasteiger partial charge in [0.1, 0.15) is 11.6 Å². The highest BCUT2D eigenvalue weighted by atomic mass is 79.9. The number of Topliss-reactive ketones (excluding diaryl/α,β-unsaturated/α-hetero) is 1. The number of methoxy groups -OCH3 is 2. The molecule has 11 heteroatoms. The normalized spacial score (nSPS) is 11.0. The van der Waals surface area contributed by atoms with Crippen LogP contribution in [0.5, 0.6) is 28.9 Å². The number of halogens is 3. The Hall–Kier alpha value is -4.77. The van der Waals surface area contributed by atoms with Gasteiger partial charge in [0.05, 0.1) is 35.5 Å². The van der Waals surface area contributed by atoms with Gasteiger partial charge in [-0.25, -0.2) is 13.3 Å². The third-order valence-electron chi connectivity index (χ3n) is 6.30. The molecule has 8 nitrogen and oxygen atoms in total. The highest BCUT2D eigenvalue weighted by Gasteiger charge is 2.21. The Labute approximate surface area is 240 Å². The van der Waals surface area contributed by atoms with Gasteiger partial charge in [0.2, 0.25) is 5.88 Å². The van der Waals surface area contributed by atoms with Crippen LogP contribution >= 0.6 is 15.9 Å². The van der Waals surface area contributed by atoms with Gasteiger partial charge in [-0.3, -0.25) is 14.6 Å². The summed E-state index contributed by atoms with van der Waals surface area (Å²) in [5.74, 6) is -1.26. The molecule has 0 saturated heterocycles. The molecule has 0 aliphatic rings. The lowest BCUT2D eigenvalue weighted by atomic mass is 10.0. The molecule has 3 aromatic carbocycles. The molecule has 0 aliphatic carbocycles. The Morgan fingerprint density at radius 2 is 1.63 bits per heavy atom. The Balaban J connectivity index is 1.42. The van der Waals surface area contributed by atoms with Crippen molar-refractivity contribution >= 4 is 32.6 Å². The molecule has 41 heavy (non-hydrogen) atoms. The van der Waals surface area contributed by atoms with Crippen LogP contribution in [0.25, 0.3) is 16.6 Å². The van der Waals surface area contributed by atoms with Crippen LogP contribution < -0.4 is 19.8 Å². The maximum absolute atomic E-state index is 15.1. The monoisotopic (exact) mass is 622 g/mol. The molecule has 0 fully saturated rings. The Bertz CT molecular complexity index is 1860. The van der Waals surface area contributed by atoms with Gasteiger partial charge in [0.15, 0.2) is 28.8 Å². The van der Waals surface area contributed by atoms with Gasteiger partial charge in [0.25, 0.3) is 5.56 Å². The van der Waals surface area contributed by atoms with Crippen LogP contribution in [-0.2, 0) is 6.42 Å². The van der Waals surface area contributed by atoms with Crippen LogP contribution in [0.1, 0.15) is 15.9 Å². The van der Waals surface area contributed by atoms with Crippen LogP contribution in [0, 0.1) is 11.6 Å². The second-order valence-electron chi connectivity index (χ2n) is 8.85. The third-order valence-corrected chi connectivity index (χ3v) is 6.87. The van der Waals surface area contributed by atoms with Gasteiger partial charge >= 0.3 is 0 Å². The number of aromatic nitrogens is 2. The fourth-order valence-corrected chi connectivity index (χ4v) is 4.69. The first-order valence-electron chi connectivity index (χ1n) is 12.1. The lowest BCUT2D eigenvalue weighted by molar-refractivity contribution is 0.0989. The molecule has 0 saturated carbocycles. The first-order valence-corrected chi connectivity index (χ1v) is 12.9. The first kappa shape index (κ1) is 27.8. The van der Waals surface area contributed by atoms with Crippen molar-refractivity contribution in [2.45, 2.75) is 6.42 Å². The number of carbonyl (C=O) groups is 1. The van der Waals surface area contributed by atoms with E-state index in [-0.39, 0.29) is 27.9 Å². The molecule has 208 valence electrons. The van der Waals surface area contributed by atoms with E-state index in [1.165, 1.54) is 50.7 Å². The maximum Gasteiger partial charge on any atom is 0.272 e. The number of fused-ring (bicyclic) bond motifs is 1. The summed E-state index contributed by atoms with van der Waals surface area (Å²) < 4.78 is 45.9. The lowest BCUT2D eigenvalue weighted by Crippen LogP contribution is -2.21. The topological polar surface area (TPSA) is 99.9 Å². The van der Waals surface area contributed by atoms with Crippen molar-refractivity contribution in [1.82, 2.24) is 9.55 Å². The minimum atomic E-state index is -0.720. The smallest absolute Gasteiger partial charge is 0.272 e.